The van der Waals surface area contributed by atoms with Crippen LogP contribution in [0.3, 0.4) is 0 Å². The molecule has 1 saturated heterocycles. The van der Waals surface area contributed by atoms with Crippen molar-refractivity contribution in [3.8, 4) is 11.3 Å². The first-order valence-electron chi connectivity index (χ1n) is 5.71. The second kappa shape index (κ2) is 4.14. The van der Waals surface area contributed by atoms with Crippen LogP contribution in [0.4, 0.5) is 0 Å². The molecule has 84 valence electrons. The average Bonchev–Trinajstić information content (AvgIpc) is 3.01. The summed E-state index contributed by atoms with van der Waals surface area (Å²) in [4.78, 5) is 7.86. The van der Waals surface area contributed by atoms with Crippen LogP contribution in [0.1, 0.15) is 24.6 Å². The van der Waals surface area contributed by atoms with Gasteiger partial charge in [-0.15, -0.1) is 0 Å². The third kappa shape index (κ3) is 1.76. The maximum atomic E-state index is 5.07. The summed E-state index contributed by atoms with van der Waals surface area (Å²) in [7, 11) is 0. The van der Waals surface area contributed by atoms with E-state index in [1.807, 2.05) is 12.3 Å². The average molecular weight is 217 g/mol. The number of hydrogen-bond acceptors (Lipinski definition) is 3. The molecule has 2 aromatic rings. The zero-order chi connectivity index (χ0) is 10.8. The van der Waals surface area contributed by atoms with E-state index in [9.17, 15) is 0 Å². The minimum absolute atomic E-state index is 0.571. The van der Waals surface area contributed by atoms with Crippen molar-refractivity contribution < 1.29 is 4.42 Å². The van der Waals surface area contributed by atoms with Gasteiger partial charge in [-0.1, -0.05) is 0 Å². The lowest BCUT2D eigenvalue weighted by atomic mass is 9.98. The lowest BCUT2D eigenvalue weighted by molar-refractivity contribution is 0.447. The van der Waals surface area contributed by atoms with E-state index in [0.717, 1.165) is 30.2 Å². The van der Waals surface area contributed by atoms with Gasteiger partial charge in [-0.05, 0) is 32.0 Å². The highest BCUT2D eigenvalue weighted by molar-refractivity contribution is 5.56. The molecule has 4 heteroatoms. The summed E-state index contributed by atoms with van der Waals surface area (Å²) in [5.41, 5.74) is 2.11. The largest absolute Gasteiger partial charge is 0.472 e. The zero-order valence-electron chi connectivity index (χ0n) is 9.07. The number of hydrogen-bond donors (Lipinski definition) is 2. The highest BCUT2D eigenvalue weighted by Crippen LogP contribution is 2.25. The number of imidazole rings is 1. The maximum Gasteiger partial charge on any atom is 0.109 e. The normalized spacial score (nSPS) is 17.8. The first-order valence-corrected chi connectivity index (χ1v) is 5.71. The molecule has 4 nitrogen and oxygen atoms in total. The fourth-order valence-electron chi connectivity index (χ4n) is 2.20. The standard InChI is InChI=1S/C12H15N3O/c1-4-13-5-2-9(1)12-14-7-11(15-12)10-3-6-16-8-10/h3,6-9,13H,1-2,4-5H2,(H,14,15). The molecule has 3 rings (SSSR count). The molecule has 0 amide bonds. The topological polar surface area (TPSA) is 53.9 Å². The van der Waals surface area contributed by atoms with Gasteiger partial charge < -0.3 is 14.7 Å². The molecule has 16 heavy (non-hydrogen) atoms. The van der Waals surface area contributed by atoms with Crippen LogP contribution in [-0.2, 0) is 0 Å². The summed E-state index contributed by atoms with van der Waals surface area (Å²) in [5, 5.41) is 3.36. The van der Waals surface area contributed by atoms with E-state index in [1.165, 1.54) is 12.8 Å². The molecule has 0 unspecified atom stereocenters. The summed E-state index contributed by atoms with van der Waals surface area (Å²) in [6.07, 6.45) is 7.64. The van der Waals surface area contributed by atoms with E-state index in [0.29, 0.717) is 5.92 Å². The maximum absolute atomic E-state index is 5.07. The Morgan fingerprint density at radius 1 is 1.31 bits per heavy atom. The number of furan rings is 1. The van der Waals surface area contributed by atoms with E-state index >= 15 is 0 Å². The van der Waals surface area contributed by atoms with Crippen molar-refractivity contribution in [2.24, 2.45) is 0 Å². The summed E-state index contributed by atoms with van der Waals surface area (Å²) in [6.45, 7) is 2.18. The van der Waals surface area contributed by atoms with E-state index in [4.69, 9.17) is 4.42 Å². The monoisotopic (exact) mass is 217 g/mol. The van der Waals surface area contributed by atoms with E-state index in [2.05, 4.69) is 15.3 Å². The summed E-state index contributed by atoms with van der Waals surface area (Å²) < 4.78 is 5.07. The Morgan fingerprint density at radius 3 is 2.94 bits per heavy atom. The van der Waals surface area contributed by atoms with Crippen molar-refractivity contribution in [1.29, 1.82) is 0 Å². The Bertz CT molecular complexity index is 441. The molecule has 1 aliphatic heterocycles. The van der Waals surface area contributed by atoms with E-state index in [-0.39, 0.29) is 0 Å². The molecule has 0 spiro atoms. The highest BCUT2D eigenvalue weighted by atomic mass is 16.3. The Morgan fingerprint density at radius 2 is 2.19 bits per heavy atom. The van der Waals surface area contributed by atoms with Crippen molar-refractivity contribution in [2.45, 2.75) is 18.8 Å². The second-order valence-electron chi connectivity index (χ2n) is 4.22. The van der Waals surface area contributed by atoms with Crippen molar-refractivity contribution >= 4 is 0 Å². The van der Waals surface area contributed by atoms with Crippen LogP contribution in [0.2, 0.25) is 0 Å². The van der Waals surface area contributed by atoms with Crippen molar-refractivity contribution in [2.75, 3.05) is 13.1 Å². The van der Waals surface area contributed by atoms with Gasteiger partial charge in [-0.25, -0.2) is 4.98 Å². The van der Waals surface area contributed by atoms with Gasteiger partial charge in [-0.3, -0.25) is 0 Å². The predicted molar refractivity (Wildman–Crippen MR) is 61.1 cm³/mol. The van der Waals surface area contributed by atoms with Crippen LogP contribution < -0.4 is 5.32 Å². The fourth-order valence-corrected chi connectivity index (χ4v) is 2.20. The number of H-pyrrole nitrogens is 1. The van der Waals surface area contributed by atoms with Gasteiger partial charge in [-0.2, -0.15) is 0 Å². The minimum atomic E-state index is 0.571. The van der Waals surface area contributed by atoms with Gasteiger partial charge in [0.25, 0.3) is 0 Å². The van der Waals surface area contributed by atoms with Crippen LogP contribution in [0.15, 0.2) is 29.2 Å². The minimum Gasteiger partial charge on any atom is -0.472 e. The Balaban J connectivity index is 1.82. The fraction of sp³-hybridized carbons (Fsp3) is 0.417. The van der Waals surface area contributed by atoms with Gasteiger partial charge in [0.1, 0.15) is 5.82 Å². The van der Waals surface area contributed by atoms with Gasteiger partial charge in [0.2, 0.25) is 0 Å². The van der Waals surface area contributed by atoms with Crippen LogP contribution in [0.5, 0.6) is 0 Å². The SMILES string of the molecule is c1cc(-c2cnc(C3CCNCC3)[nH]2)co1. The number of aromatic nitrogens is 2. The smallest absolute Gasteiger partial charge is 0.109 e. The van der Waals surface area contributed by atoms with Crippen LogP contribution in [0, 0.1) is 0 Å². The molecule has 0 bridgehead atoms. The Hall–Kier alpha value is -1.55. The van der Waals surface area contributed by atoms with Gasteiger partial charge in [0.05, 0.1) is 24.4 Å². The van der Waals surface area contributed by atoms with Crippen LogP contribution in [0.25, 0.3) is 11.3 Å². The van der Waals surface area contributed by atoms with Crippen molar-refractivity contribution in [3.63, 3.8) is 0 Å². The van der Waals surface area contributed by atoms with Crippen molar-refractivity contribution in [1.82, 2.24) is 15.3 Å². The molecule has 1 aliphatic rings. The quantitative estimate of drug-likeness (QED) is 0.810. The third-order valence-corrected chi connectivity index (χ3v) is 3.15. The number of piperidine rings is 1. The van der Waals surface area contributed by atoms with E-state index < -0.39 is 0 Å². The summed E-state index contributed by atoms with van der Waals surface area (Å²) in [6, 6.07) is 1.94. The number of rotatable bonds is 2. The summed E-state index contributed by atoms with van der Waals surface area (Å²) in [5.74, 6) is 1.68. The predicted octanol–water partition coefficient (Wildman–Crippen LogP) is 2.14. The van der Waals surface area contributed by atoms with Crippen LogP contribution in [-0.4, -0.2) is 23.1 Å². The highest BCUT2D eigenvalue weighted by Gasteiger charge is 2.18. The van der Waals surface area contributed by atoms with Crippen molar-refractivity contribution in [3.05, 3.63) is 30.6 Å². The number of nitrogens with one attached hydrogen (secondary N) is 2. The molecule has 0 aliphatic carbocycles. The first-order chi connectivity index (χ1) is 7.93. The molecule has 0 radical (unpaired) electrons. The molecule has 0 saturated carbocycles. The molecule has 2 N–H and O–H groups in total. The lowest BCUT2D eigenvalue weighted by Crippen LogP contribution is -2.27. The Labute approximate surface area is 94.1 Å². The molecule has 0 atom stereocenters. The molecule has 3 heterocycles. The summed E-state index contributed by atoms with van der Waals surface area (Å²) >= 11 is 0. The van der Waals surface area contributed by atoms with Gasteiger partial charge in [0.15, 0.2) is 0 Å². The first kappa shape index (κ1) is 9.66. The second-order valence-corrected chi connectivity index (χ2v) is 4.22. The Kier molecular flexibility index (Phi) is 2.50. The van der Waals surface area contributed by atoms with Gasteiger partial charge >= 0.3 is 0 Å². The molecular weight excluding hydrogens is 202 g/mol. The van der Waals surface area contributed by atoms with E-state index in [1.54, 1.807) is 12.5 Å². The number of aromatic amines is 1. The lowest BCUT2D eigenvalue weighted by Gasteiger charge is -2.20. The molecule has 1 fully saturated rings. The molecular formula is C12H15N3O. The third-order valence-electron chi connectivity index (χ3n) is 3.15. The van der Waals surface area contributed by atoms with Crippen LogP contribution >= 0.6 is 0 Å². The van der Waals surface area contributed by atoms with Gasteiger partial charge in [0, 0.05) is 11.5 Å². The zero-order valence-corrected chi connectivity index (χ0v) is 9.07. The molecule has 0 aromatic carbocycles. The molecule has 2 aromatic heterocycles. The number of nitrogens with zero attached hydrogens (tertiary/aromatic N) is 1.